The van der Waals surface area contributed by atoms with Crippen LogP contribution in [0.2, 0.25) is 0 Å². The highest BCUT2D eigenvalue weighted by Gasteiger charge is 2.26. The number of hydrogen-bond acceptors (Lipinski definition) is 3. The summed E-state index contributed by atoms with van der Waals surface area (Å²) in [5.74, 6) is 1.00. The first-order valence-corrected chi connectivity index (χ1v) is 7.06. The van der Waals surface area contributed by atoms with Gasteiger partial charge in [-0.25, -0.2) is 0 Å². The Bertz CT molecular complexity index is 388. The number of rotatable bonds is 7. The van der Waals surface area contributed by atoms with E-state index in [0.717, 1.165) is 17.9 Å². The fourth-order valence-corrected chi connectivity index (χ4v) is 1.78. The molecule has 0 aromatic heterocycles. The van der Waals surface area contributed by atoms with Gasteiger partial charge in [0.25, 0.3) is 0 Å². The maximum absolute atomic E-state index is 10.2. The molecule has 0 fully saturated rings. The lowest BCUT2D eigenvalue weighted by atomic mass is 9.94. The Balaban J connectivity index is 2.78. The van der Waals surface area contributed by atoms with Crippen LogP contribution in [0.5, 0.6) is 5.75 Å². The highest BCUT2D eigenvalue weighted by molar-refractivity contribution is 5.35. The van der Waals surface area contributed by atoms with Crippen LogP contribution in [0.25, 0.3) is 0 Å². The normalized spacial score (nSPS) is 16.2. The van der Waals surface area contributed by atoms with Crippen LogP contribution in [0, 0.1) is 5.92 Å². The van der Waals surface area contributed by atoms with E-state index >= 15 is 0 Å². The summed E-state index contributed by atoms with van der Waals surface area (Å²) >= 11 is 0. The first-order valence-electron chi connectivity index (χ1n) is 7.06. The Hall–Kier alpha value is -1.06. The smallest absolute Gasteiger partial charge is 0.124 e. The zero-order valence-corrected chi connectivity index (χ0v) is 12.7. The molecular weight excluding hydrogens is 238 g/mol. The van der Waals surface area contributed by atoms with Crippen LogP contribution in [-0.4, -0.2) is 23.9 Å². The third kappa shape index (κ3) is 4.51. The lowest BCUT2D eigenvalue weighted by Gasteiger charge is -2.28. The van der Waals surface area contributed by atoms with Crippen molar-refractivity contribution >= 4 is 0 Å². The largest absolute Gasteiger partial charge is 0.490 e. The van der Waals surface area contributed by atoms with E-state index in [1.807, 2.05) is 39.0 Å². The molecule has 0 saturated carbocycles. The van der Waals surface area contributed by atoms with Gasteiger partial charge in [0.2, 0.25) is 0 Å². The molecule has 0 saturated heterocycles. The molecule has 0 aliphatic heterocycles. The summed E-state index contributed by atoms with van der Waals surface area (Å²) in [6, 6.07) is 8.23. The van der Waals surface area contributed by atoms with Gasteiger partial charge in [-0.05, 0) is 32.4 Å². The molecule has 3 heteroatoms. The third-order valence-corrected chi connectivity index (χ3v) is 3.66. The summed E-state index contributed by atoms with van der Waals surface area (Å²) in [5, 5.41) is 13.6. The number of nitrogens with one attached hydrogen (secondary N) is 1. The van der Waals surface area contributed by atoms with E-state index in [9.17, 15) is 5.11 Å². The number of ether oxygens (including phenoxy) is 1. The molecule has 2 atom stereocenters. The Morgan fingerprint density at radius 1 is 1.26 bits per heavy atom. The van der Waals surface area contributed by atoms with E-state index in [1.165, 1.54) is 0 Å². The van der Waals surface area contributed by atoms with Crippen LogP contribution in [0.3, 0.4) is 0 Å². The van der Waals surface area contributed by atoms with E-state index in [2.05, 4.69) is 25.2 Å². The maximum atomic E-state index is 10.2. The molecule has 19 heavy (non-hydrogen) atoms. The average Bonchev–Trinajstić information content (AvgIpc) is 2.37. The van der Waals surface area contributed by atoms with Crippen LogP contribution in [-0.2, 0) is 0 Å². The molecule has 0 heterocycles. The molecule has 1 aromatic rings. The van der Waals surface area contributed by atoms with Crippen molar-refractivity contribution < 1.29 is 9.84 Å². The number of aliphatic hydroxyl groups is 1. The Morgan fingerprint density at radius 2 is 1.89 bits per heavy atom. The topological polar surface area (TPSA) is 41.5 Å². The molecule has 0 aliphatic carbocycles. The fraction of sp³-hybridized carbons (Fsp3) is 0.625. The van der Waals surface area contributed by atoms with Crippen molar-refractivity contribution in [3.05, 3.63) is 29.8 Å². The molecule has 2 unspecified atom stereocenters. The number of hydrogen-bond donors (Lipinski definition) is 2. The lowest BCUT2D eigenvalue weighted by molar-refractivity contribution is -0.0269. The second kappa shape index (κ2) is 6.92. The van der Waals surface area contributed by atoms with Gasteiger partial charge in [0.05, 0.1) is 5.60 Å². The van der Waals surface area contributed by atoms with E-state index < -0.39 is 5.60 Å². The predicted molar refractivity (Wildman–Crippen MR) is 79.5 cm³/mol. The van der Waals surface area contributed by atoms with Crippen LogP contribution >= 0.6 is 0 Å². The minimum absolute atomic E-state index is 0.158. The highest BCUT2D eigenvalue weighted by Crippen LogP contribution is 2.26. The molecular formula is C16H27NO2. The number of para-hydroxylation sites is 1. The molecule has 3 nitrogen and oxygen atoms in total. The molecule has 0 bridgehead atoms. The molecule has 2 N–H and O–H groups in total. The van der Waals surface area contributed by atoms with Crippen LogP contribution < -0.4 is 10.1 Å². The molecule has 0 spiro atoms. The summed E-state index contributed by atoms with van der Waals surface area (Å²) in [6.45, 7) is 11.2. The van der Waals surface area contributed by atoms with Crippen molar-refractivity contribution in [3.8, 4) is 5.75 Å². The van der Waals surface area contributed by atoms with Crippen molar-refractivity contribution in [2.75, 3.05) is 13.2 Å². The minimum atomic E-state index is -0.811. The summed E-state index contributed by atoms with van der Waals surface area (Å²) in [4.78, 5) is 0. The van der Waals surface area contributed by atoms with Gasteiger partial charge >= 0.3 is 0 Å². The highest BCUT2D eigenvalue weighted by atomic mass is 16.5. The first-order chi connectivity index (χ1) is 8.88. The second-order valence-electron chi connectivity index (χ2n) is 5.62. The fourth-order valence-electron chi connectivity index (χ4n) is 1.78. The minimum Gasteiger partial charge on any atom is -0.490 e. The second-order valence-corrected chi connectivity index (χ2v) is 5.62. The molecule has 0 amide bonds. The van der Waals surface area contributed by atoms with Gasteiger partial charge < -0.3 is 15.2 Å². The van der Waals surface area contributed by atoms with Crippen molar-refractivity contribution in [1.29, 1.82) is 0 Å². The zero-order valence-electron chi connectivity index (χ0n) is 12.7. The van der Waals surface area contributed by atoms with Crippen molar-refractivity contribution in [1.82, 2.24) is 5.32 Å². The summed E-state index contributed by atoms with van der Waals surface area (Å²) in [7, 11) is 0. The van der Waals surface area contributed by atoms with Crippen LogP contribution in [0.1, 0.15) is 46.2 Å². The van der Waals surface area contributed by atoms with Crippen LogP contribution in [0.4, 0.5) is 0 Å². The average molecular weight is 265 g/mol. The maximum Gasteiger partial charge on any atom is 0.124 e. The molecule has 108 valence electrons. The van der Waals surface area contributed by atoms with E-state index in [-0.39, 0.29) is 12.0 Å². The monoisotopic (exact) mass is 265 g/mol. The van der Waals surface area contributed by atoms with Gasteiger partial charge in [-0.1, -0.05) is 39.0 Å². The van der Waals surface area contributed by atoms with E-state index in [0.29, 0.717) is 6.61 Å². The molecule has 0 aliphatic rings. The van der Waals surface area contributed by atoms with E-state index in [4.69, 9.17) is 4.74 Å². The zero-order chi connectivity index (χ0) is 14.5. The Kier molecular flexibility index (Phi) is 5.83. The third-order valence-electron chi connectivity index (χ3n) is 3.66. The van der Waals surface area contributed by atoms with Gasteiger partial charge in [-0.2, -0.15) is 0 Å². The van der Waals surface area contributed by atoms with Crippen molar-refractivity contribution in [3.63, 3.8) is 0 Å². The Labute approximate surface area is 117 Å². The quantitative estimate of drug-likeness (QED) is 0.796. The van der Waals surface area contributed by atoms with Crippen molar-refractivity contribution in [2.45, 2.75) is 46.3 Å². The predicted octanol–water partition coefficient (Wildman–Crippen LogP) is 3.14. The summed E-state index contributed by atoms with van der Waals surface area (Å²) < 4.78 is 5.84. The molecule has 1 aromatic carbocycles. The number of benzene rings is 1. The molecule has 0 radical (unpaired) electrons. The van der Waals surface area contributed by atoms with Crippen molar-refractivity contribution in [2.24, 2.45) is 5.92 Å². The van der Waals surface area contributed by atoms with Gasteiger partial charge in [0.15, 0.2) is 0 Å². The lowest BCUT2D eigenvalue weighted by Crippen LogP contribution is -2.38. The SMILES string of the molecule is CCNC(C)c1ccccc1OCC(C)(O)C(C)C. The first kappa shape index (κ1) is 16.0. The van der Waals surface area contributed by atoms with Gasteiger partial charge in [-0.15, -0.1) is 0 Å². The standard InChI is InChI=1S/C16H27NO2/c1-6-17-13(4)14-9-7-8-10-15(14)19-11-16(5,18)12(2)3/h7-10,12-13,17-18H,6,11H2,1-5H3. The summed E-state index contributed by atoms with van der Waals surface area (Å²) in [6.07, 6.45) is 0. The van der Waals surface area contributed by atoms with Gasteiger partial charge in [-0.3, -0.25) is 0 Å². The van der Waals surface area contributed by atoms with Gasteiger partial charge in [0.1, 0.15) is 12.4 Å². The van der Waals surface area contributed by atoms with Crippen LogP contribution in [0.15, 0.2) is 24.3 Å². The Morgan fingerprint density at radius 3 is 2.47 bits per heavy atom. The summed E-state index contributed by atoms with van der Waals surface area (Å²) in [5.41, 5.74) is 0.318. The van der Waals surface area contributed by atoms with Gasteiger partial charge in [0, 0.05) is 11.6 Å². The molecule has 1 rings (SSSR count). The van der Waals surface area contributed by atoms with E-state index in [1.54, 1.807) is 0 Å².